The van der Waals surface area contributed by atoms with Gasteiger partial charge in [0, 0.05) is 9.93 Å². The summed E-state index contributed by atoms with van der Waals surface area (Å²) in [6.45, 7) is 2.12. The summed E-state index contributed by atoms with van der Waals surface area (Å²) in [4.78, 5) is 13.3. The summed E-state index contributed by atoms with van der Waals surface area (Å²) >= 11 is 7.85. The van der Waals surface area contributed by atoms with Crippen LogP contribution in [0.5, 0.6) is 5.75 Å². The molecule has 0 aliphatic heterocycles. The van der Waals surface area contributed by atoms with E-state index in [9.17, 15) is 4.79 Å². The molecule has 1 aromatic carbocycles. The molecule has 2 aliphatic carbocycles. The smallest absolute Gasteiger partial charge is 0.307 e. The molecule has 0 radical (unpaired) electrons. The minimum absolute atomic E-state index is 0.00582. The van der Waals surface area contributed by atoms with Crippen LogP contribution in [0.1, 0.15) is 38.2 Å². The van der Waals surface area contributed by atoms with E-state index in [2.05, 4.69) is 25.2 Å². The number of carbonyl (C=O) groups is 1. The van der Waals surface area contributed by atoms with Gasteiger partial charge in [0.1, 0.15) is 5.75 Å². The Kier molecular flexibility index (Phi) is 6.51. The molecule has 1 N–H and O–H groups in total. The Hall–Kier alpha value is -1.91. The van der Waals surface area contributed by atoms with Crippen molar-refractivity contribution in [2.45, 2.75) is 43.9 Å². The van der Waals surface area contributed by atoms with Gasteiger partial charge in [-0.15, -0.1) is 0 Å². The van der Waals surface area contributed by atoms with Crippen LogP contribution in [0.3, 0.4) is 0 Å². The lowest BCUT2D eigenvalue weighted by Crippen LogP contribution is -2.01. The van der Waals surface area contributed by atoms with Gasteiger partial charge in [-0.3, -0.25) is 4.79 Å². The van der Waals surface area contributed by atoms with Gasteiger partial charge >= 0.3 is 5.97 Å². The highest BCUT2D eigenvalue weighted by Crippen LogP contribution is 2.39. The fraction of sp³-hybridized carbons (Fsp3) is 0.318. The number of rotatable bonds is 6. The zero-order chi connectivity index (χ0) is 19.4. The maximum absolute atomic E-state index is 11.1. The summed E-state index contributed by atoms with van der Waals surface area (Å²) in [5, 5.41) is 10.0. The third-order valence-electron chi connectivity index (χ3n) is 4.66. The Morgan fingerprint density at radius 3 is 2.74 bits per heavy atom. The van der Waals surface area contributed by atoms with Crippen molar-refractivity contribution in [2.75, 3.05) is 7.11 Å². The van der Waals surface area contributed by atoms with Crippen molar-refractivity contribution in [3.8, 4) is 5.75 Å². The van der Waals surface area contributed by atoms with Gasteiger partial charge in [0.05, 0.1) is 13.5 Å². The fourth-order valence-corrected chi connectivity index (χ4v) is 4.76. The molecule has 5 heteroatoms. The number of methoxy groups -OCH3 is 1. The number of ether oxygens (including phenoxy) is 1. The molecule has 0 saturated heterocycles. The van der Waals surface area contributed by atoms with Gasteiger partial charge in [-0.1, -0.05) is 29.4 Å². The third kappa shape index (κ3) is 5.30. The molecule has 3 rings (SSSR count). The number of halogens is 1. The Labute approximate surface area is 169 Å². The summed E-state index contributed by atoms with van der Waals surface area (Å²) in [5.74, 6) is -0.151. The van der Waals surface area contributed by atoms with Crippen LogP contribution in [-0.2, 0) is 11.2 Å². The maximum Gasteiger partial charge on any atom is 0.307 e. The Balaban J connectivity index is 1.83. The molecule has 1 aromatic rings. The molecule has 27 heavy (non-hydrogen) atoms. The topological polar surface area (TPSA) is 46.5 Å². The van der Waals surface area contributed by atoms with Gasteiger partial charge in [0.25, 0.3) is 0 Å². The zero-order valence-electron chi connectivity index (χ0n) is 15.5. The standard InChI is InChI=1S/C22H23ClO3S/c1-14-8-17(23)6-7-21(14)16-4-3-5-19(12-16)27-20-10-15(11-22(24)25)9-18(13-20)26-2/h4,8-10,12-13H,3,5-7,11H2,1-2H3,(H,24,25). The van der Waals surface area contributed by atoms with Gasteiger partial charge in [-0.2, -0.15) is 0 Å². The molecule has 2 aliphatic rings. The van der Waals surface area contributed by atoms with Crippen molar-refractivity contribution in [3.05, 3.63) is 68.6 Å². The molecule has 0 bridgehead atoms. The number of carboxylic acids is 1. The Bertz CT molecular complexity index is 878. The largest absolute Gasteiger partial charge is 0.497 e. The number of aliphatic carboxylic acids is 1. The van der Waals surface area contributed by atoms with E-state index in [4.69, 9.17) is 21.4 Å². The molecule has 0 spiro atoms. The SMILES string of the molecule is COc1cc(CC(=O)O)cc(SC2=CC(C3=C(C)C=C(Cl)CC3)=CCC2)c1. The molecule has 0 fully saturated rings. The van der Waals surface area contributed by atoms with Crippen molar-refractivity contribution in [2.24, 2.45) is 0 Å². The van der Waals surface area contributed by atoms with E-state index in [0.29, 0.717) is 5.75 Å². The summed E-state index contributed by atoms with van der Waals surface area (Å²) in [7, 11) is 1.60. The number of hydrogen-bond donors (Lipinski definition) is 1. The number of hydrogen-bond acceptors (Lipinski definition) is 3. The summed E-state index contributed by atoms with van der Waals surface area (Å²) in [5.41, 5.74) is 4.65. The monoisotopic (exact) mass is 402 g/mol. The molecule has 0 amide bonds. The van der Waals surface area contributed by atoms with Crippen LogP contribution in [0.15, 0.2) is 68.0 Å². The van der Waals surface area contributed by atoms with E-state index in [0.717, 1.165) is 41.2 Å². The summed E-state index contributed by atoms with van der Waals surface area (Å²) in [6, 6.07) is 5.68. The van der Waals surface area contributed by atoms with Gasteiger partial charge < -0.3 is 9.84 Å². The van der Waals surface area contributed by atoms with E-state index in [1.165, 1.54) is 21.6 Å². The quantitative estimate of drug-likeness (QED) is 0.610. The van der Waals surface area contributed by atoms with Crippen molar-refractivity contribution in [1.29, 1.82) is 0 Å². The van der Waals surface area contributed by atoms with Crippen LogP contribution < -0.4 is 4.74 Å². The van der Waals surface area contributed by atoms with Crippen LogP contribution in [-0.4, -0.2) is 18.2 Å². The van der Waals surface area contributed by atoms with Gasteiger partial charge in [-0.25, -0.2) is 0 Å². The highest BCUT2D eigenvalue weighted by Gasteiger charge is 2.16. The molecule has 0 atom stereocenters. The van der Waals surface area contributed by atoms with E-state index in [1.807, 2.05) is 12.1 Å². The molecule has 0 unspecified atom stereocenters. The number of allylic oxidation sites excluding steroid dienone is 8. The molecular formula is C22H23ClO3S. The first kappa shape index (κ1) is 19.8. The lowest BCUT2D eigenvalue weighted by Gasteiger charge is -2.20. The highest BCUT2D eigenvalue weighted by molar-refractivity contribution is 8.03. The van der Waals surface area contributed by atoms with Gasteiger partial charge in [0.2, 0.25) is 0 Å². The second-order valence-electron chi connectivity index (χ2n) is 6.75. The predicted octanol–water partition coefficient (Wildman–Crippen LogP) is 6.25. The first-order valence-electron chi connectivity index (χ1n) is 8.99. The van der Waals surface area contributed by atoms with Crippen molar-refractivity contribution in [1.82, 2.24) is 0 Å². The van der Waals surface area contributed by atoms with Crippen LogP contribution in [0.25, 0.3) is 0 Å². The van der Waals surface area contributed by atoms with Gasteiger partial charge in [0.15, 0.2) is 0 Å². The van der Waals surface area contributed by atoms with Crippen LogP contribution in [0, 0.1) is 0 Å². The zero-order valence-corrected chi connectivity index (χ0v) is 17.1. The molecule has 0 aromatic heterocycles. The first-order chi connectivity index (χ1) is 12.9. The second-order valence-corrected chi connectivity index (χ2v) is 8.44. The Morgan fingerprint density at radius 2 is 2.04 bits per heavy atom. The minimum atomic E-state index is -0.840. The minimum Gasteiger partial charge on any atom is -0.497 e. The third-order valence-corrected chi connectivity index (χ3v) is 6.02. The van der Waals surface area contributed by atoms with E-state index in [-0.39, 0.29) is 6.42 Å². The average Bonchev–Trinajstić information content (AvgIpc) is 2.61. The van der Waals surface area contributed by atoms with Crippen molar-refractivity contribution >= 4 is 29.3 Å². The van der Waals surface area contributed by atoms with Crippen LogP contribution >= 0.6 is 23.4 Å². The molecular weight excluding hydrogens is 380 g/mol. The van der Waals surface area contributed by atoms with Crippen LogP contribution in [0.4, 0.5) is 0 Å². The van der Waals surface area contributed by atoms with Crippen molar-refractivity contribution < 1.29 is 14.6 Å². The van der Waals surface area contributed by atoms with Crippen LogP contribution in [0.2, 0.25) is 0 Å². The number of carboxylic acid groups (broad SMARTS) is 1. The fourth-order valence-electron chi connectivity index (χ4n) is 3.41. The van der Waals surface area contributed by atoms with Crippen molar-refractivity contribution in [3.63, 3.8) is 0 Å². The summed E-state index contributed by atoms with van der Waals surface area (Å²) in [6.07, 6.45) is 10.5. The molecule has 3 nitrogen and oxygen atoms in total. The summed E-state index contributed by atoms with van der Waals surface area (Å²) < 4.78 is 5.34. The number of benzene rings is 1. The normalized spacial score (nSPS) is 17.2. The lowest BCUT2D eigenvalue weighted by atomic mass is 9.89. The maximum atomic E-state index is 11.1. The van der Waals surface area contributed by atoms with Gasteiger partial charge in [-0.05, 0) is 90.1 Å². The lowest BCUT2D eigenvalue weighted by molar-refractivity contribution is -0.136. The van der Waals surface area contributed by atoms with E-state index >= 15 is 0 Å². The first-order valence-corrected chi connectivity index (χ1v) is 10.2. The van der Waals surface area contributed by atoms with E-state index < -0.39 is 5.97 Å². The Morgan fingerprint density at radius 1 is 1.22 bits per heavy atom. The van der Waals surface area contributed by atoms with E-state index in [1.54, 1.807) is 24.9 Å². The average molecular weight is 403 g/mol. The molecule has 142 valence electrons. The number of thioether (sulfide) groups is 1. The molecule has 0 saturated carbocycles. The predicted molar refractivity (Wildman–Crippen MR) is 111 cm³/mol. The second kappa shape index (κ2) is 8.85. The molecule has 0 heterocycles. The highest BCUT2D eigenvalue weighted by atomic mass is 35.5.